The Labute approximate surface area is 109 Å². The van der Waals surface area contributed by atoms with Crippen molar-refractivity contribution in [2.45, 2.75) is 18.3 Å². The van der Waals surface area contributed by atoms with Gasteiger partial charge in [-0.2, -0.15) is 13.2 Å². The summed E-state index contributed by atoms with van der Waals surface area (Å²) in [6, 6.07) is 1.22. The Kier molecular flexibility index (Phi) is 4.81. The monoisotopic (exact) mass is 296 g/mol. The molecule has 1 atom stereocenters. The number of hydrogen-bond donors (Lipinski definition) is 3. The molecule has 0 aromatic carbocycles. The maximum atomic E-state index is 12.6. The van der Waals surface area contributed by atoms with Crippen molar-refractivity contribution in [1.82, 2.24) is 9.97 Å². The summed E-state index contributed by atoms with van der Waals surface area (Å²) in [6.07, 6.45) is -4.65. The lowest BCUT2D eigenvalue weighted by molar-refractivity contribution is -0.150. The first-order valence-corrected chi connectivity index (χ1v) is 5.97. The molecule has 0 fully saturated rings. The summed E-state index contributed by atoms with van der Waals surface area (Å²) in [5.41, 5.74) is 4.93. The summed E-state index contributed by atoms with van der Waals surface area (Å²) in [4.78, 5) is 17.3. The maximum Gasteiger partial charge on any atom is 0.399 e. The van der Waals surface area contributed by atoms with Crippen LogP contribution in [0.5, 0.6) is 0 Å². The van der Waals surface area contributed by atoms with Crippen molar-refractivity contribution in [1.29, 1.82) is 0 Å². The quantitative estimate of drug-likeness (QED) is 0.193. The van der Waals surface area contributed by atoms with Gasteiger partial charge in [-0.05, 0) is 6.92 Å². The van der Waals surface area contributed by atoms with Crippen LogP contribution in [0.1, 0.15) is 5.69 Å². The van der Waals surface area contributed by atoms with Crippen molar-refractivity contribution in [3.8, 4) is 0 Å². The molecule has 19 heavy (non-hydrogen) atoms. The SMILES string of the molecule is Cc1cc(=O)[nH]c(SCC(C(N)=NO)C(F)(F)F)n1. The number of aromatic amines is 1. The van der Waals surface area contributed by atoms with Crippen LogP contribution in [-0.4, -0.2) is 32.9 Å². The van der Waals surface area contributed by atoms with E-state index >= 15 is 0 Å². The van der Waals surface area contributed by atoms with Gasteiger partial charge >= 0.3 is 6.18 Å². The first-order chi connectivity index (χ1) is 8.74. The molecule has 6 nitrogen and oxygen atoms in total. The largest absolute Gasteiger partial charge is 0.409 e. The van der Waals surface area contributed by atoms with Crippen LogP contribution in [0, 0.1) is 12.8 Å². The number of oxime groups is 1. The minimum Gasteiger partial charge on any atom is -0.409 e. The second kappa shape index (κ2) is 5.95. The van der Waals surface area contributed by atoms with E-state index in [0.29, 0.717) is 17.5 Å². The maximum absolute atomic E-state index is 12.6. The number of rotatable bonds is 4. The number of H-pyrrole nitrogens is 1. The molecule has 0 bridgehead atoms. The van der Waals surface area contributed by atoms with E-state index in [1.807, 2.05) is 0 Å². The second-order valence-corrected chi connectivity index (χ2v) is 4.63. The third kappa shape index (κ3) is 4.47. The van der Waals surface area contributed by atoms with Gasteiger partial charge in [0.15, 0.2) is 11.0 Å². The van der Waals surface area contributed by atoms with Gasteiger partial charge in [-0.1, -0.05) is 16.9 Å². The van der Waals surface area contributed by atoms with Crippen LogP contribution < -0.4 is 11.3 Å². The highest BCUT2D eigenvalue weighted by molar-refractivity contribution is 7.99. The second-order valence-electron chi connectivity index (χ2n) is 3.62. The van der Waals surface area contributed by atoms with E-state index in [4.69, 9.17) is 10.9 Å². The summed E-state index contributed by atoms with van der Waals surface area (Å²) in [5.74, 6) is -3.60. The molecule has 4 N–H and O–H groups in total. The minimum atomic E-state index is -4.65. The van der Waals surface area contributed by atoms with Gasteiger partial charge in [-0.15, -0.1) is 0 Å². The number of nitrogens with zero attached hydrogens (tertiary/aromatic N) is 2. The molecule has 0 aliphatic heterocycles. The van der Waals surface area contributed by atoms with E-state index in [0.717, 1.165) is 0 Å². The molecule has 0 aliphatic carbocycles. The smallest absolute Gasteiger partial charge is 0.399 e. The molecule has 1 aromatic heterocycles. The molecule has 1 rings (SSSR count). The Morgan fingerprint density at radius 3 is 2.79 bits per heavy atom. The van der Waals surface area contributed by atoms with E-state index in [1.165, 1.54) is 6.07 Å². The molecule has 1 aromatic rings. The van der Waals surface area contributed by atoms with Gasteiger partial charge in [0.1, 0.15) is 5.92 Å². The van der Waals surface area contributed by atoms with Crippen molar-refractivity contribution < 1.29 is 18.4 Å². The molecule has 0 saturated carbocycles. The number of amidine groups is 1. The van der Waals surface area contributed by atoms with Gasteiger partial charge in [0.05, 0.1) is 0 Å². The lowest BCUT2D eigenvalue weighted by Gasteiger charge is -2.17. The normalized spacial score (nSPS) is 14.4. The fraction of sp³-hybridized carbons (Fsp3) is 0.444. The van der Waals surface area contributed by atoms with Gasteiger partial charge < -0.3 is 15.9 Å². The fourth-order valence-electron chi connectivity index (χ4n) is 1.20. The first-order valence-electron chi connectivity index (χ1n) is 4.99. The summed E-state index contributed by atoms with van der Waals surface area (Å²) >= 11 is 0.669. The van der Waals surface area contributed by atoms with Crippen LogP contribution in [0.2, 0.25) is 0 Å². The minimum absolute atomic E-state index is 0.0463. The Hall–Kier alpha value is -1.71. The average Bonchev–Trinajstić information content (AvgIpc) is 2.25. The third-order valence-corrected chi connectivity index (χ3v) is 3.07. The molecule has 1 heterocycles. The van der Waals surface area contributed by atoms with Crippen LogP contribution in [0.25, 0.3) is 0 Å². The molecule has 0 aliphatic rings. The Morgan fingerprint density at radius 1 is 1.68 bits per heavy atom. The molecule has 106 valence electrons. The fourth-order valence-corrected chi connectivity index (χ4v) is 2.27. The predicted molar refractivity (Wildman–Crippen MR) is 63.3 cm³/mol. The van der Waals surface area contributed by atoms with Gasteiger partial charge in [0.2, 0.25) is 0 Å². The highest BCUT2D eigenvalue weighted by Gasteiger charge is 2.42. The first kappa shape index (κ1) is 15.3. The van der Waals surface area contributed by atoms with Crippen molar-refractivity contribution in [3.05, 3.63) is 22.1 Å². The van der Waals surface area contributed by atoms with Crippen molar-refractivity contribution in [3.63, 3.8) is 0 Å². The third-order valence-electron chi connectivity index (χ3n) is 2.10. The molecule has 1 unspecified atom stereocenters. The summed E-state index contributed by atoms with van der Waals surface area (Å²) in [7, 11) is 0. The van der Waals surface area contributed by atoms with E-state index < -0.39 is 29.2 Å². The number of hydrogen-bond acceptors (Lipinski definition) is 5. The van der Waals surface area contributed by atoms with Gasteiger partial charge in [-0.3, -0.25) is 4.79 Å². The van der Waals surface area contributed by atoms with Crippen LogP contribution in [0.4, 0.5) is 13.2 Å². The van der Waals surface area contributed by atoms with Crippen molar-refractivity contribution in [2.75, 3.05) is 5.75 Å². The predicted octanol–water partition coefficient (Wildman–Crippen LogP) is 1.10. The van der Waals surface area contributed by atoms with Crippen LogP contribution >= 0.6 is 11.8 Å². The van der Waals surface area contributed by atoms with E-state index in [9.17, 15) is 18.0 Å². The zero-order chi connectivity index (χ0) is 14.6. The number of aromatic nitrogens is 2. The number of halogens is 3. The summed E-state index contributed by atoms with van der Waals surface area (Å²) < 4.78 is 37.9. The molecular formula is C9H11F3N4O2S. The lowest BCUT2D eigenvalue weighted by Crippen LogP contribution is -2.37. The summed E-state index contributed by atoms with van der Waals surface area (Å²) in [5, 5.41) is 10.8. The molecule has 10 heteroatoms. The van der Waals surface area contributed by atoms with E-state index in [2.05, 4.69) is 15.1 Å². The average molecular weight is 296 g/mol. The van der Waals surface area contributed by atoms with Crippen molar-refractivity contribution >= 4 is 17.6 Å². The zero-order valence-corrected chi connectivity index (χ0v) is 10.5. The van der Waals surface area contributed by atoms with E-state index in [-0.39, 0.29) is 5.16 Å². The molecule has 0 spiro atoms. The lowest BCUT2D eigenvalue weighted by atomic mass is 10.1. The zero-order valence-electron chi connectivity index (χ0n) is 9.73. The number of nitrogens with one attached hydrogen (secondary N) is 1. The molecule has 0 amide bonds. The molecule has 0 radical (unpaired) electrons. The topological polar surface area (TPSA) is 104 Å². The van der Waals surface area contributed by atoms with Crippen LogP contribution in [0.3, 0.4) is 0 Å². The Morgan fingerprint density at radius 2 is 2.32 bits per heavy atom. The number of aryl methyl sites for hydroxylation is 1. The van der Waals surface area contributed by atoms with Crippen LogP contribution in [0.15, 0.2) is 21.2 Å². The number of thioether (sulfide) groups is 1. The number of alkyl halides is 3. The number of nitrogens with two attached hydrogens (primary N) is 1. The van der Waals surface area contributed by atoms with Crippen molar-refractivity contribution in [2.24, 2.45) is 16.8 Å². The standard InChI is InChI=1S/C9H11F3N4O2S/c1-4-2-6(17)15-8(14-4)19-3-5(7(13)16-18)9(10,11)12/h2,5,18H,3H2,1H3,(H2,13,16)(H,14,15,17). The van der Waals surface area contributed by atoms with Gasteiger partial charge in [-0.25, -0.2) is 4.98 Å². The molecule has 0 saturated heterocycles. The Balaban J connectivity index is 2.85. The molecular weight excluding hydrogens is 285 g/mol. The van der Waals surface area contributed by atoms with Crippen LogP contribution in [-0.2, 0) is 0 Å². The Bertz CT molecular complexity index is 529. The highest BCUT2D eigenvalue weighted by atomic mass is 32.2. The van der Waals surface area contributed by atoms with E-state index in [1.54, 1.807) is 6.92 Å². The highest BCUT2D eigenvalue weighted by Crippen LogP contribution is 2.30. The summed E-state index contributed by atoms with van der Waals surface area (Å²) in [6.45, 7) is 1.55. The van der Waals surface area contributed by atoms with Gasteiger partial charge in [0, 0.05) is 17.5 Å². The van der Waals surface area contributed by atoms with Gasteiger partial charge in [0.25, 0.3) is 5.56 Å².